The van der Waals surface area contributed by atoms with Crippen LogP contribution in [-0.4, -0.2) is 37.2 Å². The minimum Gasteiger partial charge on any atom is -0.462 e. The first-order valence-electron chi connectivity index (χ1n) is 22.1. The number of esters is 3. The van der Waals surface area contributed by atoms with Gasteiger partial charge in [-0.25, -0.2) is 0 Å². The van der Waals surface area contributed by atoms with Gasteiger partial charge in [0.25, 0.3) is 0 Å². The summed E-state index contributed by atoms with van der Waals surface area (Å²) in [5.41, 5.74) is 0. The van der Waals surface area contributed by atoms with Crippen LogP contribution in [0.5, 0.6) is 0 Å². The van der Waals surface area contributed by atoms with E-state index in [4.69, 9.17) is 14.2 Å². The lowest BCUT2D eigenvalue weighted by atomic mass is 10.1. The van der Waals surface area contributed by atoms with Gasteiger partial charge in [-0.1, -0.05) is 166 Å². The van der Waals surface area contributed by atoms with Crippen LogP contribution >= 0.6 is 0 Å². The van der Waals surface area contributed by atoms with Gasteiger partial charge in [-0.2, -0.15) is 0 Å². The third-order valence-electron chi connectivity index (χ3n) is 9.32. The highest BCUT2D eigenvalue weighted by atomic mass is 16.6. The van der Waals surface area contributed by atoms with E-state index in [1.54, 1.807) is 0 Å². The van der Waals surface area contributed by atoms with Crippen LogP contribution in [0.2, 0.25) is 0 Å². The maximum absolute atomic E-state index is 12.6. The van der Waals surface area contributed by atoms with Gasteiger partial charge in [-0.05, 0) is 77.0 Å². The van der Waals surface area contributed by atoms with Crippen molar-refractivity contribution < 1.29 is 28.6 Å². The fourth-order valence-electron chi connectivity index (χ4n) is 5.98. The molecule has 0 aromatic rings. The monoisotopic (exact) mass is 743 g/mol. The predicted octanol–water partition coefficient (Wildman–Crippen LogP) is 14.0. The van der Waals surface area contributed by atoms with Crippen molar-refractivity contribution >= 4 is 17.9 Å². The standard InChI is InChI=1S/C47H82O6/c1-4-7-10-13-15-17-19-21-22-23-24-26-27-29-31-34-37-40-46(49)52-43-44(42-51-45(48)39-36-33-12-9-6-3)53-47(50)41-38-35-32-30-28-25-20-18-16-14-11-8-5-2/h8,11,16,18,21-22,25,28,44H,4-7,9-10,12-15,17,19-20,23-24,26-27,29-43H2,1-3H3/b11-8-,18-16-,22-21-,28-25-. The van der Waals surface area contributed by atoms with Crippen molar-refractivity contribution in [1.29, 1.82) is 0 Å². The molecule has 53 heavy (non-hydrogen) atoms. The highest BCUT2D eigenvalue weighted by Crippen LogP contribution is 2.13. The van der Waals surface area contributed by atoms with Gasteiger partial charge in [-0.15, -0.1) is 0 Å². The van der Waals surface area contributed by atoms with E-state index in [9.17, 15) is 14.4 Å². The van der Waals surface area contributed by atoms with Crippen LogP contribution < -0.4 is 0 Å². The molecule has 0 amide bonds. The molecule has 0 heterocycles. The molecule has 1 atom stereocenters. The lowest BCUT2D eigenvalue weighted by Gasteiger charge is -2.18. The van der Waals surface area contributed by atoms with Crippen molar-refractivity contribution in [2.45, 2.75) is 219 Å². The van der Waals surface area contributed by atoms with Gasteiger partial charge >= 0.3 is 17.9 Å². The molecule has 0 N–H and O–H groups in total. The van der Waals surface area contributed by atoms with Crippen molar-refractivity contribution in [3.05, 3.63) is 48.6 Å². The lowest BCUT2D eigenvalue weighted by molar-refractivity contribution is -0.167. The van der Waals surface area contributed by atoms with E-state index in [-0.39, 0.29) is 31.1 Å². The number of allylic oxidation sites excluding steroid dienone is 8. The van der Waals surface area contributed by atoms with E-state index in [0.717, 1.165) is 89.9 Å². The van der Waals surface area contributed by atoms with Crippen LogP contribution in [0, 0.1) is 0 Å². The molecule has 1 unspecified atom stereocenters. The first-order chi connectivity index (χ1) is 26.0. The second kappa shape index (κ2) is 42.1. The maximum atomic E-state index is 12.6. The van der Waals surface area contributed by atoms with Crippen molar-refractivity contribution in [3.8, 4) is 0 Å². The van der Waals surface area contributed by atoms with Crippen LogP contribution in [0.3, 0.4) is 0 Å². The number of carbonyl (C=O) groups excluding carboxylic acids is 3. The third-order valence-corrected chi connectivity index (χ3v) is 9.32. The van der Waals surface area contributed by atoms with Crippen LogP contribution in [0.1, 0.15) is 213 Å². The summed E-state index contributed by atoms with van der Waals surface area (Å²) in [4.78, 5) is 37.4. The maximum Gasteiger partial charge on any atom is 0.306 e. The molecule has 0 fully saturated rings. The summed E-state index contributed by atoms with van der Waals surface area (Å²) >= 11 is 0. The zero-order valence-corrected chi connectivity index (χ0v) is 34.8. The van der Waals surface area contributed by atoms with Gasteiger partial charge in [0.15, 0.2) is 6.10 Å². The summed E-state index contributed by atoms with van der Waals surface area (Å²) in [6, 6.07) is 0. The molecule has 0 aromatic carbocycles. The molecule has 0 aliphatic carbocycles. The van der Waals surface area contributed by atoms with E-state index in [0.29, 0.717) is 19.3 Å². The molecule has 0 aromatic heterocycles. The zero-order chi connectivity index (χ0) is 38.7. The molecule has 0 saturated carbocycles. The summed E-state index contributed by atoms with van der Waals surface area (Å²) in [6.07, 6.45) is 48.4. The van der Waals surface area contributed by atoms with Crippen molar-refractivity contribution in [3.63, 3.8) is 0 Å². The summed E-state index contributed by atoms with van der Waals surface area (Å²) in [5, 5.41) is 0. The Balaban J connectivity index is 4.26. The molecular formula is C47H82O6. The predicted molar refractivity (Wildman–Crippen MR) is 224 cm³/mol. The average Bonchev–Trinajstić information content (AvgIpc) is 3.15. The zero-order valence-electron chi connectivity index (χ0n) is 34.8. The minimum absolute atomic E-state index is 0.0874. The van der Waals surface area contributed by atoms with Gasteiger partial charge in [0.1, 0.15) is 13.2 Å². The molecule has 0 radical (unpaired) electrons. The SMILES string of the molecule is CC/C=C\C/C=C\C/C=C\CCCCCC(=O)OC(COC(=O)CCCCCCC)COC(=O)CCCCCCCCC/C=C\CCCCCCCC. The van der Waals surface area contributed by atoms with E-state index in [2.05, 4.69) is 69.4 Å². The summed E-state index contributed by atoms with van der Waals surface area (Å²) in [6.45, 7) is 6.39. The Bertz CT molecular complexity index is 949. The van der Waals surface area contributed by atoms with E-state index in [1.165, 1.54) is 83.5 Å². The third kappa shape index (κ3) is 40.4. The topological polar surface area (TPSA) is 78.9 Å². The molecule has 0 bridgehead atoms. The average molecular weight is 743 g/mol. The minimum atomic E-state index is -0.783. The van der Waals surface area contributed by atoms with Crippen LogP contribution in [-0.2, 0) is 28.6 Å². The Morgan fingerprint density at radius 2 is 0.736 bits per heavy atom. The second-order valence-corrected chi connectivity index (χ2v) is 14.6. The van der Waals surface area contributed by atoms with E-state index in [1.807, 2.05) is 0 Å². The number of ether oxygens (including phenoxy) is 3. The van der Waals surface area contributed by atoms with Crippen molar-refractivity contribution in [2.24, 2.45) is 0 Å². The van der Waals surface area contributed by atoms with Crippen molar-refractivity contribution in [1.82, 2.24) is 0 Å². The van der Waals surface area contributed by atoms with E-state index >= 15 is 0 Å². The van der Waals surface area contributed by atoms with Gasteiger partial charge in [0.05, 0.1) is 0 Å². The molecule has 0 spiro atoms. The molecule has 0 saturated heterocycles. The Labute approximate surface area is 327 Å². The first kappa shape index (κ1) is 50.4. The van der Waals surface area contributed by atoms with Crippen LogP contribution in [0.25, 0.3) is 0 Å². The fourth-order valence-corrected chi connectivity index (χ4v) is 5.98. The number of carbonyl (C=O) groups is 3. The fraction of sp³-hybridized carbons (Fsp3) is 0.766. The number of hydrogen-bond acceptors (Lipinski definition) is 6. The van der Waals surface area contributed by atoms with E-state index < -0.39 is 6.10 Å². The summed E-state index contributed by atoms with van der Waals surface area (Å²) in [7, 11) is 0. The van der Waals surface area contributed by atoms with Gasteiger partial charge in [-0.3, -0.25) is 14.4 Å². The Morgan fingerprint density at radius 1 is 0.396 bits per heavy atom. The van der Waals surface area contributed by atoms with Crippen LogP contribution in [0.15, 0.2) is 48.6 Å². The van der Waals surface area contributed by atoms with Gasteiger partial charge < -0.3 is 14.2 Å². The highest BCUT2D eigenvalue weighted by molar-refractivity contribution is 5.71. The Hall–Kier alpha value is -2.63. The van der Waals surface area contributed by atoms with Crippen LogP contribution in [0.4, 0.5) is 0 Å². The van der Waals surface area contributed by atoms with Gasteiger partial charge in [0.2, 0.25) is 0 Å². The molecule has 6 nitrogen and oxygen atoms in total. The Kier molecular flexibility index (Phi) is 40.0. The summed E-state index contributed by atoms with van der Waals surface area (Å²) in [5.74, 6) is -0.938. The molecule has 0 aliphatic rings. The quantitative estimate of drug-likeness (QED) is 0.0270. The molecule has 306 valence electrons. The normalized spacial score (nSPS) is 12.4. The number of unbranched alkanes of at least 4 members (excludes halogenated alkanes) is 20. The first-order valence-corrected chi connectivity index (χ1v) is 22.1. The molecule has 0 rings (SSSR count). The number of hydrogen-bond donors (Lipinski definition) is 0. The highest BCUT2D eigenvalue weighted by Gasteiger charge is 2.19. The molecule has 0 aliphatic heterocycles. The van der Waals surface area contributed by atoms with Gasteiger partial charge in [0, 0.05) is 19.3 Å². The molecule has 6 heteroatoms. The van der Waals surface area contributed by atoms with Crippen molar-refractivity contribution in [2.75, 3.05) is 13.2 Å². The summed E-state index contributed by atoms with van der Waals surface area (Å²) < 4.78 is 16.6. The largest absolute Gasteiger partial charge is 0.462 e. The lowest BCUT2D eigenvalue weighted by Crippen LogP contribution is -2.30. The smallest absolute Gasteiger partial charge is 0.306 e. The number of rotatable bonds is 39. The second-order valence-electron chi connectivity index (χ2n) is 14.6. The molecular weight excluding hydrogens is 661 g/mol. The Morgan fingerprint density at radius 3 is 1.19 bits per heavy atom.